The van der Waals surface area contributed by atoms with Gasteiger partial charge in [-0.3, -0.25) is 0 Å². The molecule has 0 aromatic carbocycles. The Morgan fingerprint density at radius 3 is 1.71 bits per heavy atom. The van der Waals surface area contributed by atoms with E-state index in [0.29, 0.717) is 46.2 Å². The van der Waals surface area contributed by atoms with Gasteiger partial charge in [0.25, 0.3) is 0 Å². The number of hydrogen-bond donors (Lipinski definition) is 2. The maximum absolute atomic E-state index is 8.56. The van der Waals surface area contributed by atoms with E-state index in [4.69, 9.17) is 29.2 Å². The first-order chi connectivity index (χ1) is 10.2. The Morgan fingerprint density at radius 2 is 1.33 bits per heavy atom. The number of unbranched alkanes of at least 4 members (excludes halogenated alkanes) is 1. The van der Waals surface area contributed by atoms with Crippen molar-refractivity contribution in [1.29, 1.82) is 0 Å². The summed E-state index contributed by atoms with van der Waals surface area (Å²) in [5.41, 5.74) is 0. The van der Waals surface area contributed by atoms with Crippen molar-refractivity contribution in [3.63, 3.8) is 0 Å². The Hall–Kier alpha value is -0.240. The number of aliphatic hydroxyl groups excluding tert-OH is 2. The molecule has 2 N–H and O–H groups in total. The predicted octanol–water partition coefficient (Wildman–Crippen LogP) is 1.23. The van der Waals surface area contributed by atoms with Crippen LogP contribution in [0.4, 0.5) is 0 Å². The normalized spacial score (nSPS) is 11.9. The molecule has 0 bridgehead atoms. The minimum atomic E-state index is -0.319. The van der Waals surface area contributed by atoms with Crippen molar-refractivity contribution in [1.82, 2.24) is 0 Å². The molecular formula is C15H34O6. The molecule has 0 rings (SSSR count). The maximum atomic E-state index is 8.56. The number of hydrogen-bond acceptors (Lipinski definition) is 6. The van der Waals surface area contributed by atoms with E-state index in [2.05, 4.69) is 6.92 Å². The van der Waals surface area contributed by atoms with E-state index in [0.717, 1.165) is 19.4 Å². The minimum Gasteiger partial charge on any atom is -0.394 e. The molecule has 6 heteroatoms. The topological polar surface area (TPSA) is 77.4 Å². The van der Waals surface area contributed by atoms with E-state index in [1.807, 2.05) is 6.92 Å². The van der Waals surface area contributed by atoms with Gasteiger partial charge in [0.05, 0.1) is 52.4 Å². The molecule has 0 saturated heterocycles. The van der Waals surface area contributed by atoms with Crippen LogP contribution in [0, 0.1) is 0 Å². The summed E-state index contributed by atoms with van der Waals surface area (Å²) >= 11 is 0. The first-order valence-electron chi connectivity index (χ1n) is 7.78. The van der Waals surface area contributed by atoms with Crippen molar-refractivity contribution in [3.05, 3.63) is 0 Å². The van der Waals surface area contributed by atoms with Gasteiger partial charge < -0.3 is 29.2 Å². The highest BCUT2D eigenvalue weighted by molar-refractivity contribution is 4.38. The highest BCUT2D eigenvalue weighted by Crippen LogP contribution is 1.87. The smallest absolute Gasteiger partial charge is 0.0745 e. The zero-order valence-electron chi connectivity index (χ0n) is 13.9. The average molecular weight is 310 g/mol. The van der Waals surface area contributed by atoms with Crippen LogP contribution in [0.5, 0.6) is 0 Å². The van der Waals surface area contributed by atoms with Crippen molar-refractivity contribution in [2.75, 3.05) is 59.5 Å². The van der Waals surface area contributed by atoms with E-state index >= 15 is 0 Å². The van der Waals surface area contributed by atoms with Crippen LogP contribution in [0.3, 0.4) is 0 Å². The standard InChI is InChI=1S/C10H22O4.C5H12O2/c1-2-3-5-12-7-9-14-10-8-13-6-4-11;1-3-7-4-5(2)6/h11H,2-10H2,1H3;5-6H,3-4H2,1-2H3. The van der Waals surface area contributed by atoms with E-state index in [9.17, 15) is 0 Å². The second-order valence-electron chi connectivity index (χ2n) is 4.42. The number of aliphatic hydroxyl groups is 2. The van der Waals surface area contributed by atoms with Gasteiger partial charge in [-0.1, -0.05) is 13.3 Å². The third-order valence-electron chi connectivity index (χ3n) is 2.19. The molecule has 0 aromatic rings. The molecule has 0 spiro atoms. The Balaban J connectivity index is 0. The summed E-state index contributed by atoms with van der Waals surface area (Å²) in [5, 5.41) is 17.0. The maximum Gasteiger partial charge on any atom is 0.0745 e. The van der Waals surface area contributed by atoms with E-state index in [1.54, 1.807) is 6.92 Å². The molecule has 1 unspecified atom stereocenters. The van der Waals surface area contributed by atoms with Gasteiger partial charge in [0.1, 0.15) is 0 Å². The molecule has 130 valence electrons. The van der Waals surface area contributed by atoms with Crippen LogP contribution in [0.2, 0.25) is 0 Å². The average Bonchev–Trinajstić information content (AvgIpc) is 2.48. The summed E-state index contributed by atoms with van der Waals surface area (Å²) in [6, 6.07) is 0. The van der Waals surface area contributed by atoms with E-state index in [1.165, 1.54) is 0 Å². The molecule has 6 nitrogen and oxygen atoms in total. The Bertz CT molecular complexity index is 154. The van der Waals surface area contributed by atoms with Crippen LogP contribution < -0.4 is 0 Å². The molecule has 0 heterocycles. The fourth-order valence-electron chi connectivity index (χ4n) is 1.14. The monoisotopic (exact) mass is 310 g/mol. The SMILES string of the molecule is CCCCOCCOCCOCCO.CCOCC(C)O. The summed E-state index contributed by atoms with van der Waals surface area (Å²) < 4.78 is 20.4. The third kappa shape index (κ3) is 28.6. The summed E-state index contributed by atoms with van der Waals surface area (Å²) in [6.45, 7) is 10.5. The second-order valence-corrected chi connectivity index (χ2v) is 4.42. The summed E-state index contributed by atoms with van der Waals surface area (Å²) in [5.74, 6) is 0. The van der Waals surface area contributed by atoms with Crippen molar-refractivity contribution >= 4 is 0 Å². The molecular weight excluding hydrogens is 276 g/mol. The summed E-state index contributed by atoms with van der Waals surface area (Å²) in [4.78, 5) is 0. The summed E-state index contributed by atoms with van der Waals surface area (Å²) in [6.07, 6.45) is 1.95. The zero-order chi connectivity index (χ0) is 16.2. The van der Waals surface area contributed by atoms with Crippen LogP contribution in [0.15, 0.2) is 0 Å². The Kier molecular flexibility index (Phi) is 24.2. The lowest BCUT2D eigenvalue weighted by Crippen LogP contribution is -2.11. The number of ether oxygens (including phenoxy) is 4. The minimum absolute atomic E-state index is 0.0696. The van der Waals surface area contributed by atoms with Crippen LogP contribution in [-0.2, 0) is 18.9 Å². The first-order valence-corrected chi connectivity index (χ1v) is 7.78. The van der Waals surface area contributed by atoms with Gasteiger partial charge in [0.15, 0.2) is 0 Å². The van der Waals surface area contributed by atoms with Gasteiger partial charge >= 0.3 is 0 Å². The second kappa shape index (κ2) is 22.0. The van der Waals surface area contributed by atoms with E-state index in [-0.39, 0.29) is 12.7 Å². The van der Waals surface area contributed by atoms with Gasteiger partial charge in [-0.15, -0.1) is 0 Å². The van der Waals surface area contributed by atoms with Gasteiger partial charge in [-0.05, 0) is 20.3 Å². The van der Waals surface area contributed by atoms with Crippen molar-refractivity contribution in [2.45, 2.75) is 39.7 Å². The molecule has 0 amide bonds. The fourth-order valence-corrected chi connectivity index (χ4v) is 1.14. The lowest BCUT2D eigenvalue weighted by molar-refractivity contribution is 0.00735. The van der Waals surface area contributed by atoms with Crippen molar-refractivity contribution in [2.24, 2.45) is 0 Å². The van der Waals surface area contributed by atoms with Crippen LogP contribution in [-0.4, -0.2) is 75.8 Å². The molecule has 21 heavy (non-hydrogen) atoms. The Morgan fingerprint density at radius 1 is 0.810 bits per heavy atom. The quantitative estimate of drug-likeness (QED) is 0.470. The molecule has 0 radical (unpaired) electrons. The van der Waals surface area contributed by atoms with Crippen LogP contribution in [0.1, 0.15) is 33.6 Å². The molecule has 0 saturated carbocycles. The van der Waals surface area contributed by atoms with Gasteiger partial charge in [0.2, 0.25) is 0 Å². The molecule has 0 aliphatic heterocycles. The molecule has 0 aliphatic carbocycles. The lowest BCUT2D eigenvalue weighted by Gasteiger charge is -2.05. The van der Waals surface area contributed by atoms with Crippen molar-refractivity contribution in [3.8, 4) is 0 Å². The molecule has 0 aromatic heterocycles. The molecule has 1 atom stereocenters. The Labute approximate surface area is 129 Å². The zero-order valence-corrected chi connectivity index (χ0v) is 13.9. The molecule has 0 fully saturated rings. The predicted molar refractivity (Wildman–Crippen MR) is 82.6 cm³/mol. The lowest BCUT2D eigenvalue weighted by atomic mass is 10.4. The fraction of sp³-hybridized carbons (Fsp3) is 1.00. The highest BCUT2D eigenvalue weighted by Gasteiger charge is 1.91. The largest absolute Gasteiger partial charge is 0.394 e. The van der Waals surface area contributed by atoms with E-state index < -0.39 is 0 Å². The van der Waals surface area contributed by atoms with Gasteiger partial charge in [0, 0.05) is 13.2 Å². The van der Waals surface area contributed by atoms with Crippen LogP contribution in [0.25, 0.3) is 0 Å². The number of rotatable bonds is 14. The first kappa shape index (κ1) is 23.0. The highest BCUT2D eigenvalue weighted by atomic mass is 16.5. The molecule has 0 aliphatic rings. The van der Waals surface area contributed by atoms with Gasteiger partial charge in [-0.2, -0.15) is 0 Å². The van der Waals surface area contributed by atoms with Gasteiger partial charge in [-0.25, -0.2) is 0 Å². The summed E-state index contributed by atoms with van der Waals surface area (Å²) in [7, 11) is 0. The van der Waals surface area contributed by atoms with Crippen LogP contribution >= 0.6 is 0 Å². The third-order valence-corrected chi connectivity index (χ3v) is 2.19. The van der Waals surface area contributed by atoms with Crippen molar-refractivity contribution < 1.29 is 29.2 Å².